The zero-order chi connectivity index (χ0) is 3.58. The summed E-state index contributed by atoms with van der Waals surface area (Å²) in [5, 5.41) is 0. The third-order valence-electron chi connectivity index (χ3n) is 0. The quantitative estimate of drug-likeness (QED) is 0.306. The molecule has 0 rings (SSSR count). The van der Waals surface area contributed by atoms with E-state index in [0.29, 0.717) is 0 Å². The van der Waals surface area contributed by atoms with Crippen molar-refractivity contribution in [2.24, 2.45) is 0 Å². The minimum absolute atomic E-state index is 0. The first-order valence-electron chi connectivity index (χ1n) is 1.35. The minimum Gasteiger partial charge on any atom is -1.00 e. The summed E-state index contributed by atoms with van der Waals surface area (Å²) in [6, 6.07) is 0. The Labute approximate surface area is 52.4 Å². The van der Waals surface area contributed by atoms with Gasteiger partial charge in [0.1, 0.15) is 0 Å². The summed E-state index contributed by atoms with van der Waals surface area (Å²) >= 11 is 0. The standard InChI is InChI=1S/C4H8.Mg.2H/c1-4(2)3;;;/h1H2,2-3H3;;;/q;+2;2*-1. The summed E-state index contributed by atoms with van der Waals surface area (Å²) in [5.74, 6) is 0. The van der Waals surface area contributed by atoms with Crippen molar-refractivity contribution < 1.29 is 2.85 Å². The Kier molecular flexibility index (Phi) is 8.20. The van der Waals surface area contributed by atoms with Crippen LogP contribution in [0.25, 0.3) is 0 Å². The Balaban J connectivity index is -0.0000000150. The van der Waals surface area contributed by atoms with E-state index in [-0.39, 0.29) is 25.9 Å². The molecule has 1 heteroatoms. The molecule has 0 bridgehead atoms. The van der Waals surface area contributed by atoms with Crippen LogP contribution in [0.5, 0.6) is 0 Å². The second-order valence-corrected chi connectivity index (χ2v) is 1.21. The third-order valence-corrected chi connectivity index (χ3v) is 0. The average molecular weight is 82.4 g/mol. The molecule has 0 unspecified atom stereocenters. The number of allylic oxidation sites excluding steroid dienone is 1. The van der Waals surface area contributed by atoms with Crippen molar-refractivity contribution in [2.75, 3.05) is 0 Å². The van der Waals surface area contributed by atoms with Crippen molar-refractivity contribution in [3.05, 3.63) is 12.2 Å². The van der Waals surface area contributed by atoms with Crippen LogP contribution in [0.3, 0.4) is 0 Å². The predicted molar refractivity (Wildman–Crippen MR) is 28.5 cm³/mol. The molecule has 0 aromatic rings. The van der Waals surface area contributed by atoms with Gasteiger partial charge in [0, 0.05) is 0 Å². The van der Waals surface area contributed by atoms with Crippen LogP contribution in [0.1, 0.15) is 16.7 Å². The molecule has 0 nitrogen and oxygen atoms in total. The van der Waals surface area contributed by atoms with Crippen molar-refractivity contribution in [3.8, 4) is 0 Å². The number of hydrogen-bond acceptors (Lipinski definition) is 0. The van der Waals surface area contributed by atoms with Crippen molar-refractivity contribution in [1.29, 1.82) is 0 Å². The van der Waals surface area contributed by atoms with E-state index in [9.17, 15) is 0 Å². The molecule has 0 aromatic heterocycles. The van der Waals surface area contributed by atoms with Gasteiger partial charge in [-0.1, -0.05) is 5.57 Å². The van der Waals surface area contributed by atoms with Gasteiger partial charge in [-0.3, -0.25) is 0 Å². The monoisotopic (exact) mass is 82.1 g/mol. The Morgan fingerprint density at radius 2 is 1.60 bits per heavy atom. The fourth-order valence-corrected chi connectivity index (χ4v) is 0. The fourth-order valence-electron chi connectivity index (χ4n) is 0. The topological polar surface area (TPSA) is 0 Å². The Hall–Kier alpha value is 0.506. The molecule has 0 aliphatic rings. The molecule has 5 heavy (non-hydrogen) atoms. The summed E-state index contributed by atoms with van der Waals surface area (Å²) in [6.45, 7) is 7.50. The van der Waals surface area contributed by atoms with Gasteiger partial charge >= 0.3 is 23.1 Å². The molecule has 0 heterocycles. The van der Waals surface area contributed by atoms with Gasteiger partial charge in [0.05, 0.1) is 0 Å². The molecule has 0 amide bonds. The molecular formula is C4H10Mg. The van der Waals surface area contributed by atoms with Crippen LogP contribution in [-0.4, -0.2) is 23.1 Å². The van der Waals surface area contributed by atoms with Gasteiger partial charge < -0.3 is 2.85 Å². The van der Waals surface area contributed by atoms with Crippen molar-refractivity contribution >= 4 is 23.1 Å². The van der Waals surface area contributed by atoms with E-state index in [1.807, 2.05) is 13.8 Å². The Morgan fingerprint density at radius 3 is 1.60 bits per heavy atom. The molecule has 0 N–H and O–H groups in total. The molecule has 0 aliphatic carbocycles. The maximum absolute atomic E-state index is 3.56. The fraction of sp³-hybridized carbons (Fsp3) is 0.500. The van der Waals surface area contributed by atoms with Gasteiger partial charge in [0.2, 0.25) is 0 Å². The van der Waals surface area contributed by atoms with E-state index in [4.69, 9.17) is 0 Å². The van der Waals surface area contributed by atoms with Crippen molar-refractivity contribution in [1.82, 2.24) is 0 Å². The van der Waals surface area contributed by atoms with Gasteiger partial charge in [-0.05, 0) is 13.8 Å². The van der Waals surface area contributed by atoms with Crippen LogP contribution in [0.15, 0.2) is 12.2 Å². The first-order valence-corrected chi connectivity index (χ1v) is 1.35. The Bertz CT molecular complexity index is 32.7. The molecule has 0 aliphatic heterocycles. The van der Waals surface area contributed by atoms with Gasteiger partial charge in [0.15, 0.2) is 0 Å². The summed E-state index contributed by atoms with van der Waals surface area (Å²) in [6.07, 6.45) is 0. The van der Waals surface area contributed by atoms with Crippen molar-refractivity contribution in [2.45, 2.75) is 13.8 Å². The summed E-state index contributed by atoms with van der Waals surface area (Å²) < 4.78 is 0. The molecule has 0 atom stereocenters. The van der Waals surface area contributed by atoms with Gasteiger partial charge in [-0.15, -0.1) is 6.58 Å². The zero-order valence-electron chi connectivity index (χ0n) is 5.91. The third kappa shape index (κ3) is 110. The van der Waals surface area contributed by atoms with Crippen LogP contribution in [-0.2, 0) is 0 Å². The minimum atomic E-state index is 0. The Morgan fingerprint density at radius 1 is 1.60 bits per heavy atom. The van der Waals surface area contributed by atoms with Crippen LogP contribution in [0.2, 0.25) is 0 Å². The molecule has 0 saturated carbocycles. The number of rotatable bonds is 0. The number of hydrogen-bond donors (Lipinski definition) is 0. The van der Waals surface area contributed by atoms with Crippen molar-refractivity contribution in [3.63, 3.8) is 0 Å². The van der Waals surface area contributed by atoms with Crippen LogP contribution in [0.4, 0.5) is 0 Å². The first-order chi connectivity index (χ1) is 1.73. The maximum Gasteiger partial charge on any atom is 2.00 e. The molecule has 0 aromatic carbocycles. The smallest absolute Gasteiger partial charge is 1.00 e. The molecular weight excluding hydrogens is 72.3 g/mol. The molecule has 0 radical (unpaired) electrons. The van der Waals surface area contributed by atoms with E-state index in [0.717, 1.165) is 0 Å². The van der Waals surface area contributed by atoms with E-state index >= 15 is 0 Å². The second kappa shape index (κ2) is 4.51. The SMILES string of the molecule is C=C(C)C.[H-].[H-].[Mg+2]. The van der Waals surface area contributed by atoms with Crippen LogP contribution in [0, 0.1) is 0 Å². The zero-order valence-corrected chi connectivity index (χ0v) is 5.33. The predicted octanol–water partition coefficient (Wildman–Crippen LogP) is 1.43. The van der Waals surface area contributed by atoms with E-state index in [1.54, 1.807) is 0 Å². The largest absolute Gasteiger partial charge is 2.00 e. The maximum atomic E-state index is 3.56. The first kappa shape index (κ1) is 9.09. The van der Waals surface area contributed by atoms with Gasteiger partial charge in [-0.2, -0.15) is 0 Å². The molecule has 28 valence electrons. The summed E-state index contributed by atoms with van der Waals surface area (Å²) in [4.78, 5) is 0. The normalized spacial score (nSPS) is 5.20. The van der Waals surface area contributed by atoms with Gasteiger partial charge in [0.25, 0.3) is 0 Å². The average Bonchev–Trinajstić information content (AvgIpc) is 0.811. The molecule has 0 saturated heterocycles. The van der Waals surface area contributed by atoms with E-state index in [2.05, 4.69) is 6.58 Å². The van der Waals surface area contributed by atoms with E-state index in [1.165, 1.54) is 5.57 Å². The van der Waals surface area contributed by atoms with E-state index < -0.39 is 0 Å². The van der Waals surface area contributed by atoms with Crippen LogP contribution < -0.4 is 0 Å². The van der Waals surface area contributed by atoms with Gasteiger partial charge in [-0.25, -0.2) is 0 Å². The summed E-state index contributed by atoms with van der Waals surface area (Å²) in [7, 11) is 0. The molecule has 0 spiro atoms. The summed E-state index contributed by atoms with van der Waals surface area (Å²) in [5.41, 5.74) is 1.17. The van der Waals surface area contributed by atoms with Crippen LogP contribution >= 0.6 is 0 Å². The molecule has 0 fully saturated rings. The second-order valence-electron chi connectivity index (χ2n) is 1.21.